The summed E-state index contributed by atoms with van der Waals surface area (Å²) in [5.74, 6) is 0. The van der Waals surface area contributed by atoms with Crippen LogP contribution in [0.5, 0.6) is 0 Å². The van der Waals surface area contributed by atoms with Gasteiger partial charge in [0.25, 0.3) is 0 Å². The number of halogens is 3. The van der Waals surface area contributed by atoms with Gasteiger partial charge >= 0.3 is 6.18 Å². The summed E-state index contributed by atoms with van der Waals surface area (Å²) in [6.07, 6.45) is -2.40. The third kappa shape index (κ3) is 2.98. The molecule has 1 N–H and O–H groups in total. The molecular weight excluding hydrogens is 229 g/mol. The van der Waals surface area contributed by atoms with Crippen molar-refractivity contribution in [2.75, 3.05) is 0 Å². The molecule has 1 unspecified atom stereocenters. The molecule has 0 radical (unpaired) electrons. The van der Waals surface area contributed by atoms with E-state index < -0.39 is 17.8 Å². The molecule has 5 heteroatoms. The van der Waals surface area contributed by atoms with Gasteiger partial charge < -0.3 is 0 Å². The fourth-order valence-corrected chi connectivity index (χ4v) is 1.59. The third-order valence-corrected chi connectivity index (χ3v) is 2.66. The number of alkyl halides is 3. The van der Waals surface area contributed by atoms with Gasteiger partial charge in [-0.25, -0.2) is 0 Å². The van der Waals surface area contributed by atoms with Crippen molar-refractivity contribution in [3.8, 4) is 6.07 Å². The minimum absolute atomic E-state index is 0.272. The first-order valence-corrected chi connectivity index (χ1v) is 5.33. The van der Waals surface area contributed by atoms with Crippen LogP contribution in [0.3, 0.4) is 0 Å². The van der Waals surface area contributed by atoms with Crippen LogP contribution >= 0.6 is 0 Å². The van der Waals surface area contributed by atoms with Crippen molar-refractivity contribution in [3.05, 3.63) is 35.4 Å². The lowest BCUT2D eigenvalue weighted by molar-refractivity contribution is -0.137. The molecule has 1 aliphatic rings. The number of nitriles is 1. The summed E-state index contributed by atoms with van der Waals surface area (Å²) in [5, 5.41) is 12.0. The molecule has 0 aromatic heterocycles. The van der Waals surface area contributed by atoms with Crippen LogP contribution in [0.4, 0.5) is 13.2 Å². The molecule has 0 bridgehead atoms. The van der Waals surface area contributed by atoms with Crippen LogP contribution in [0.15, 0.2) is 24.3 Å². The van der Waals surface area contributed by atoms with E-state index in [2.05, 4.69) is 5.32 Å². The summed E-state index contributed by atoms with van der Waals surface area (Å²) in [6.45, 7) is 0. The fourth-order valence-electron chi connectivity index (χ4n) is 1.59. The number of rotatable bonds is 3. The van der Waals surface area contributed by atoms with E-state index in [0.717, 1.165) is 25.0 Å². The predicted octanol–water partition coefficient (Wildman–Crippen LogP) is 3.02. The number of nitrogens with one attached hydrogen (secondary N) is 1. The van der Waals surface area contributed by atoms with E-state index in [4.69, 9.17) is 5.26 Å². The Morgan fingerprint density at radius 3 is 2.59 bits per heavy atom. The monoisotopic (exact) mass is 240 g/mol. The highest BCUT2D eigenvalue weighted by Gasteiger charge is 2.31. The van der Waals surface area contributed by atoms with E-state index in [1.807, 2.05) is 6.07 Å². The topological polar surface area (TPSA) is 35.8 Å². The Morgan fingerprint density at radius 1 is 1.35 bits per heavy atom. The largest absolute Gasteiger partial charge is 0.416 e. The van der Waals surface area contributed by atoms with Crippen LogP contribution in [0, 0.1) is 11.3 Å². The van der Waals surface area contributed by atoms with Gasteiger partial charge in [-0.3, -0.25) is 5.32 Å². The molecule has 1 aliphatic carbocycles. The van der Waals surface area contributed by atoms with Gasteiger partial charge in [-0.2, -0.15) is 18.4 Å². The van der Waals surface area contributed by atoms with Gasteiger partial charge in [0, 0.05) is 6.04 Å². The van der Waals surface area contributed by atoms with Crippen molar-refractivity contribution in [1.29, 1.82) is 5.26 Å². The van der Waals surface area contributed by atoms with Crippen LogP contribution in [0.1, 0.15) is 30.0 Å². The summed E-state index contributed by atoms with van der Waals surface area (Å²) in [5.41, 5.74) is -0.345. The van der Waals surface area contributed by atoms with Crippen molar-refractivity contribution in [1.82, 2.24) is 5.32 Å². The van der Waals surface area contributed by atoms with Gasteiger partial charge in [0.05, 0.1) is 11.6 Å². The molecule has 1 aromatic carbocycles. The molecule has 1 atom stereocenters. The minimum atomic E-state index is -4.37. The highest BCUT2D eigenvalue weighted by atomic mass is 19.4. The Bertz CT molecular complexity index is 444. The first-order chi connectivity index (χ1) is 8.00. The second kappa shape index (κ2) is 4.38. The van der Waals surface area contributed by atoms with Crippen molar-refractivity contribution in [2.45, 2.75) is 31.1 Å². The molecule has 2 rings (SSSR count). The summed E-state index contributed by atoms with van der Waals surface area (Å²) >= 11 is 0. The Balaban J connectivity index is 2.22. The molecule has 2 nitrogen and oxygen atoms in total. The SMILES string of the molecule is N#CC(NC1CC1)c1cccc(C(F)(F)F)c1. The number of hydrogen-bond acceptors (Lipinski definition) is 2. The van der Waals surface area contributed by atoms with Gasteiger partial charge in [0.15, 0.2) is 0 Å². The Morgan fingerprint density at radius 2 is 2.06 bits per heavy atom. The maximum Gasteiger partial charge on any atom is 0.416 e. The third-order valence-electron chi connectivity index (χ3n) is 2.66. The number of nitrogens with zero attached hydrogens (tertiary/aromatic N) is 1. The smallest absolute Gasteiger partial charge is 0.295 e. The second-order valence-corrected chi connectivity index (χ2v) is 4.13. The second-order valence-electron chi connectivity index (χ2n) is 4.13. The maximum atomic E-state index is 12.5. The van der Waals surface area contributed by atoms with Gasteiger partial charge in [0.1, 0.15) is 6.04 Å². The van der Waals surface area contributed by atoms with Crippen molar-refractivity contribution in [3.63, 3.8) is 0 Å². The van der Waals surface area contributed by atoms with Gasteiger partial charge in [0.2, 0.25) is 0 Å². The zero-order valence-electron chi connectivity index (χ0n) is 8.96. The van der Waals surface area contributed by atoms with E-state index >= 15 is 0 Å². The van der Waals surface area contributed by atoms with Gasteiger partial charge in [-0.15, -0.1) is 0 Å². The van der Waals surface area contributed by atoms with E-state index in [-0.39, 0.29) is 6.04 Å². The first-order valence-electron chi connectivity index (χ1n) is 5.33. The lowest BCUT2D eigenvalue weighted by atomic mass is 10.0. The minimum Gasteiger partial charge on any atom is -0.295 e. The van der Waals surface area contributed by atoms with Crippen LogP contribution in [0.2, 0.25) is 0 Å². The zero-order chi connectivity index (χ0) is 12.5. The molecule has 0 heterocycles. The van der Waals surface area contributed by atoms with Crippen molar-refractivity contribution in [2.24, 2.45) is 0 Å². The van der Waals surface area contributed by atoms with Crippen LogP contribution < -0.4 is 5.32 Å². The maximum absolute atomic E-state index is 12.5. The molecule has 1 fully saturated rings. The highest BCUT2D eigenvalue weighted by molar-refractivity contribution is 5.31. The molecule has 1 aromatic rings. The van der Waals surface area contributed by atoms with E-state index in [9.17, 15) is 13.2 Å². The molecule has 1 saturated carbocycles. The molecule has 0 amide bonds. The van der Waals surface area contributed by atoms with E-state index in [0.29, 0.717) is 5.56 Å². The Labute approximate surface area is 97.1 Å². The zero-order valence-corrected chi connectivity index (χ0v) is 8.96. The molecule has 90 valence electrons. The average Bonchev–Trinajstić information content (AvgIpc) is 3.09. The lowest BCUT2D eigenvalue weighted by Crippen LogP contribution is -2.22. The van der Waals surface area contributed by atoms with Gasteiger partial charge in [-0.05, 0) is 30.5 Å². The van der Waals surface area contributed by atoms with Gasteiger partial charge in [-0.1, -0.05) is 12.1 Å². The molecule has 0 spiro atoms. The summed E-state index contributed by atoms with van der Waals surface area (Å²) in [7, 11) is 0. The fraction of sp³-hybridized carbons (Fsp3) is 0.417. The van der Waals surface area contributed by atoms with E-state index in [1.165, 1.54) is 6.07 Å². The average molecular weight is 240 g/mol. The molecule has 0 aliphatic heterocycles. The van der Waals surface area contributed by atoms with Crippen LogP contribution in [-0.2, 0) is 6.18 Å². The van der Waals surface area contributed by atoms with Crippen molar-refractivity contribution < 1.29 is 13.2 Å². The highest BCUT2D eigenvalue weighted by Crippen LogP contribution is 2.31. The normalized spacial score (nSPS) is 17.5. The molecule has 0 saturated heterocycles. The first kappa shape index (κ1) is 11.9. The van der Waals surface area contributed by atoms with Crippen LogP contribution in [0.25, 0.3) is 0 Å². The number of benzene rings is 1. The van der Waals surface area contributed by atoms with Crippen molar-refractivity contribution >= 4 is 0 Å². The van der Waals surface area contributed by atoms with E-state index in [1.54, 1.807) is 6.07 Å². The Kier molecular flexibility index (Phi) is 3.07. The summed E-state index contributed by atoms with van der Waals surface area (Å²) < 4.78 is 37.5. The standard InChI is InChI=1S/C12H11F3N2/c13-12(14,15)9-3-1-2-8(6-9)11(7-16)17-10-4-5-10/h1-3,6,10-11,17H,4-5H2. The predicted molar refractivity (Wildman–Crippen MR) is 56.0 cm³/mol. The Hall–Kier alpha value is -1.54. The summed E-state index contributed by atoms with van der Waals surface area (Å²) in [4.78, 5) is 0. The van der Waals surface area contributed by atoms with Crippen LogP contribution in [-0.4, -0.2) is 6.04 Å². The molecular formula is C12H11F3N2. The quantitative estimate of drug-likeness (QED) is 0.881. The summed E-state index contributed by atoms with van der Waals surface area (Å²) in [6, 6.07) is 6.51. The molecule has 17 heavy (non-hydrogen) atoms. The number of hydrogen-bond donors (Lipinski definition) is 1. The lowest BCUT2D eigenvalue weighted by Gasteiger charge is -2.13.